The van der Waals surface area contributed by atoms with Crippen molar-refractivity contribution in [2.45, 2.75) is 0 Å². The molecule has 0 fully saturated rings. The number of phenolic OH excluding ortho intramolecular Hbond substituents is 1. The highest BCUT2D eigenvalue weighted by molar-refractivity contribution is 5.99. The summed E-state index contributed by atoms with van der Waals surface area (Å²) in [5.74, 6) is 0.193. The molecule has 0 unspecified atom stereocenters. The van der Waals surface area contributed by atoms with Crippen molar-refractivity contribution in [3.05, 3.63) is 73.2 Å². The lowest BCUT2D eigenvalue weighted by molar-refractivity contribution is 0.104. The number of hydrogen-bond donors (Lipinski definition) is 1. The molecule has 0 spiro atoms. The second-order valence-corrected chi connectivity index (χ2v) is 3.12. The first kappa shape index (κ1) is 12.0. The third-order valence-electron chi connectivity index (χ3n) is 1.85. The van der Waals surface area contributed by atoms with Crippen LogP contribution in [0, 0.1) is 6.92 Å². The zero-order valence-electron chi connectivity index (χ0n) is 8.84. The quantitative estimate of drug-likeness (QED) is 0.739. The summed E-state index contributed by atoms with van der Waals surface area (Å²) in [7, 11) is 0. The van der Waals surface area contributed by atoms with E-state index >= 15 is 0 Å². The van der Waals surface area contributed by atoms with Gasteiger partial charge in [0.1, 0.15) is 5.75 Å². The Kier molecular flexibility index (Phi) is 4.80. The summed E-state index contributed by atoms with van der Waals surface area (Å²) in [6.45, 7) is 3.27. The van der Waals surface area contributed by atoms with E-state index in [-0.39, 0.29) is 5.78 Å². The molecule has 1 radical (unpaired) electrons. The minimum absolute atomic E-state index is 0.129. The molecule has 0 saturated carbocycles. The summed E-state index contributed by atoms with van der Waals surface area (Å²) in [5.41, 5.74) is 0.664. The van der Waals surface area contributed by atoms with Gasteiger partial charge >= 0.3 is 0 Å². The zero-order chi connectivity index (χ0) is 11.8. The largest absolute Gasteiger partial charge is 0.508 e. The number of Topliss-reactive ketones (excluding diaryl/α,β-unsaturated/α-hetero) is 1. The Bertz CT molecular complexity index is 421. The predicted molar refractivity (Wildman–Crippen MR) is 64.2 cm³/mol. The van der Waals surface area contributed by atoms with Gasteiger partial charge in [0.25, 0.3) is 0 Å². The minimum atomic E-state index is -0.129. The molecule has 16 heavy (non-hydrogen) atoms. The summed E-state index contributed by atoms with van der Waals surface area (Å²) in [5, 5.41) is 8.63. The molecule has 1 N–H and O–H groups in total. The lowest BCUT2D eigenvalue weighted by Crippen LogP contribution is -1.89. The van der Waals surface area contributed by atoms with E-state index in [1.165, 1.54) is 0 Å². The van der Waals surface area contributed by atoms with Crippen molar-refractivity contribution in [3.8, 4) is 5.75 Å². The summed E-state index contributed by atoms with van der Waals surface area (Å²) < 4.78 is 0. The topological polar surface area (TPSA) is 37.3 Å². The van der Waals surface area contributed by atoms with Crippen LogP contribution in [0.2, 0.25) is 0 Å². The van der Waals surface area contributed by atoms with Gasteiger partial charge in [0.05, 0.1) is 0 Å². The van der Waals surface area contributed by atoms with Crippen molar-refractivity contribution in [2.75, 3.05) is 0 Å². The molecular weight excluding hydrogens is 200 g/mol. The molecule has 0 bridgehead atoms. The average molecular weight is 213 g/mol. The van der Waals surface area contributed by atoms with Crippen LogP contribution in [0.1, 0.15) is 10.4 Å². The number of para-hydroxylation sites is 1. The predicted octanol–water partition coefficient (Wildman–Crippen LogP) is 3.10. The second-order valence-electron chi connectivity index (χ2n) is 3.12. The van der Waals surface area contributed by atoms with E-state index in [0.717, 1.165) is 0 Å². The Balaban J connectivity index is 0.000000165. The molecule has 0 aliphatic rings. The highest BCUT2D eigenvalue weighted by Crippen LogP contribution is 2.02. The third-order valence-corrected chi connectivity index (χ3v) is 1.85. The summed E-state index contributed by atoms with van der Waals surface area (Å²) in [6.07, 6.45) is 0. The van der Waals surface area contributed by atoms with Crippen molar-refractivity contribution in [3.63, 3.8) is 0 Å². The molecule has 2 aromatic rings. The van der Waals surface area contributed by atoms with Gasteiger partial charge in [-0.1, -0.05) is 48.5 Å². The Morgan fingerprint density at radius 2 is 1.31 bits per heavy atom. The van der Waals surface area contributed by atoms with Gasteiger partial charge in [-0.2, -0.15) is 0 Å². The van der Waals surface area contributed by atoms with Crippen LogP contribution in [-0.4, -0.2) is 10.9 Å². The molecule has 0 atom stereocenters. The van der Waals surface area contributed by atoms with Gasteiger partial charge in [0.2, 0.25) is 0 Å². The van der Waals surface area contributed by atoms with Gasteiger partial charge < -0.3 is 5.11 Å². The van der Waals surface area contributed by atoms with E-state index in [9.17, 15) is 4.79 Å². The maximum absolute atomic E-state index is 10.5. The van der Waals surface area contributed by atoms with Crippen molar-refractivity contribution in [2.24, 2.45) is 0 Å². The summed E-state index contributed by atoms with van der Waals surface area (Å²) >= 11 is 0. The molecule has 2 heteroatoms. The monoisotopic (exact) mass is 213 g/mol. The maximum Gasteiger partial charge on any atom is 0.163 e. The zero-order valence-corrected chi connectivity index (χ0v) is 8.84. The smallest absolute Gasteiger partial charge is 0.163 e. The van der Waals surface area contributed by atoms with E-state index in [1.807, 2.05) is 24.3 Å². The van der Waals surface area contributed by atoms with Gasteiger partial charge in [-0.25, -0.2) is 0 Å². The number of aromatic hydroxyl groups is 1. The van der Waals surface area contributed by atoms with Crippen molar-refractivity contribution in [1.29, 1.82) is 0 Å². The normalized spacial score (nSPS) is 8.81. The van der Waals surface area contributed by atoms with Crippen LogP contribution in [0.5, 0.6) is 5.75 Å². The summed E-state index contributed by atoms with van der Waals surface area (Å²) in [4.78, 5) is 10.5. The van der Waals surface area contributed by atoms with Gasteiger partial charge in [0.15, 0.2) is 5.78 Å². The second kappa shape index (κ2) is 6.40. The maximum atomic E-state index is 10.5. The first-order valence-electron chi connectivity index (χ1n) is 4.85. The standard InChI is InChI=1S/C8H7O.C6H6O/c1-7(9)8-5-3-2-4-6-8;7-6-4-2-1-3-5-6/h2-6H,1H2;1-5,7H. The number of benzene rings is 2. The Hall–Kier alpha value is -2.09. The van der Waals surface area contributed by atoms with E-state index in [1.54, 1.807) is 36.4 Å². The first-order chi connectivity index (χ1) is 7.70. The molecule has 0 heterocycles. The Morgan fingerprint density at radius 1 is 0.875 bits per heavy atom. The number of ketones is 1. The molecule has 0 aliphatic heterocycles. The Morgan fingerprint density at radius 3 is 1.56 bits per heavy atom. The van der Waals surface area contributed by atoms with Crippen LogP contribution < -0.4 is 0 Å². The molecule has 2 nitrogen and oxygen atoms in total. The molecule has 2 rings (SSSR count). The van der Waals surface area contributed by atoms with Gasteiger partial charge in [-0.05, 0) is 12.1 Å². The third kappa shape index (κ3) is 4.42. The molecule has 2 aromatic carbocycles. The van der Waals surface area contributed by atoms with Gasteiger partial charge in [0, 0.05) is 12.5 Å². The molecule has 0 aliphatic carbocycles. The fourth-order valence-corrected chi connectivity index (χ4v) is 1.05. The van der Waals surface area contributed by atoms with Crippen LogP contribution in [0.3, 0.4) is 0 Å². The van der Waals surface area contributed by atoms with E-state index in [0.29, 0.717) is 11.3 Å². The van der Waals surface area contributed by atoms with Crippen LogP contribution in [0.4, 0.5) is 0 Å². The van der Waals surface area contributed by atoms with E-state index in [4.69, 9.17) is 5.11 Å². The lowest BCUT2D eigenvalue weighted by Gasteiger charge is -1.89. The van der Waals surface area contributed by atoms with Crippen LogP contribution in [0.15, 0.2) is 60.7 Å². The van der Waals surface area contributed by atoms with Crippen LogP contribution >= 0.6 is 0 Å². The molecule has 0 amide bonds. The van der Waals surface area contributed by atoms with Crippen molar-refractivity contribution < 1.29 is 9.90 Å². The number of carbonyl (C=O) groups is 1. The van der Waals surface area contributed by atoms with Crippen molar-refractivity contribution >= 4 is 5.78 Å². The Labute approximate surface area is 95.2 Å². The van der Waals surface area contributed by atoms with Gasteiger partial charge in [-0.15, -0.1) is 0 Å². The van der Waals surface area contributed by atoms with Crippen LogP contribution in [-0.2, 0) is 0 Å². The fraction of sp³-hybridized carbons (Fsp3) is 0. The highest BCUT2D eigenvalue weighted by Gasteiger charge is 1.93. The SMILES string of the molecule is Oc1ccccc1.[CH2]C(=O)c1ccccc1. The number of rotatable bonds is 1. The summed E-state index contributed by atoms with van der Waals surface area (Å²) in [6, 6.07) is 17.7. The van der Waals surface area contributed by atoms with Crippen LogP contribution in [0.25, 0.3) is 0 Å². The van der Waals surface area contributed by atoms with Gasteiger partial charge in [-0.3, -0.25) is 4.79 Å². The van der Waals surface area contributed by atoms with Crippen molar-refractivity contribution in [1.82, 2.24) is 0 Å². The molecule has 0 saturated heterocycles. The number of phenols is 1. The fourth-order valence-electron chi connectivity index (χ4n) is 1.05. The number of carbonyl (C=O) groups excluding carboxylic acids is 1. The molecular formula is C14H13O2. The van der Waals surface area contributed by atoms with E-state index < -0.39 is 0 Å². The average Bonchev–Trinajstić information content (AvgIpc) is 2.32. The van der Waals surface area contributed by atoms with E-state index in [2.05, 4.69) is 6.92 Å². The first-order valence-corrected chi connectivity index (χ1v) is 4.85. The number of hydrogen-bond acceptors (Lipinski definition) is 2. The highest BCUT2D eigenvalue weighted by atomic mass is 16.3. The molecule has 81 valence electrons. The minimum Gasteiger partial charge on any atom is -0.508 e. The lowest BCUT2D eigenvalue weighted by atomic mass is 10.2. The molecule has 0 aromatic heterocycles.